The van der Waals surface area contributed by atoms with Gasteiger partial charge in [0.2, 0.25) is 5.78 Å². The molecule has 2 aliphatic heterocycles. The molecule has 0 saturated carbocycles. The van der Waals surface area contributed by atoms with E-state index in [-0.39, 0.29) is 36.1 Å². The number of piperazine rings is 1. The molecule has 0 spiro atoms. The van der Waals surface area contributed by atoms with E-state index < -0.39 is 17.7 Å². The van der Waals surface area contributed by atoms with Gasteiger partial charge in [0.1, 0.15) is 11.5 Å². The van der Waals surface area contributed by atoms with Crippen LogP contribution < -0.4 is 0 Å². The fraction of sp³-hybridized carbons (Fsp3) is 0.222. The van der Waals surface area contributed by atoms with Gasteiger partial charge in [0.25, 0.3) is 11.8 Å². The zero-order valence-corrected chi connectivity index (χ0v) is 13.2. The molecule has 0 bridgehead atoms. The van der Waals surface area contributed by atoms with Crippen molar-refractivity contribution in [2.45, 2.75) is 12.6 Å². The molecule has 1 atom stereocenters. The Kier molecular flexibility index (Phi) is 3.56. The van der Waals surface area contributed by atoms with Crippen LogP contribution in [0.2, 0.25) is 0 Å². The maximum absolute atomic E-state index is 13.0. The van der Waals surface area contributed by atoms with Crippen LogP contribution in [-0.2, 0) is 11.3 Å². The quantitative estimate of drug-likeness (QED) is 0.773. The van der Waals surface area contributed by atoms with Crippen LogP contribution in [0.3, 0.4) is 0 Å². The van der Waals surface area contributed by atoms with Gasteiger partial charge in [-0.05, 0) is 29.8 Å². The zero-order chi connectivity index (χ0) is 17.6. The van der Waals surface area contributed by atoms with Gasteiger partial charge in [-0.15, -0.1) is 0 Å². The van der Waals surface area contributed by atoms with Crippen LogP contribution in [0, 0.1) is 5.82 Å². The Labute approximate surface area is 142 Å². The SMILES string of the molecule is O=C1c2ncccc2C(=O)N2CCN(Cc3ccc(F)cc3)C(=O)C12. The lowest BCUT2D eigenvalue weighted by atomic mass is 9.93. The van der Waals surface area contributed by atoms with E-state index in [1.165, 1.54) is 28.1 Å². The highest BCUT2D eigenvalue weighted by atomic mass is 19.1. The van der Waals surface area contributed by atoms with Gasteiger partial charge in [-0.25, -0.2) is 4.39 Å². The first-order chi connectivity index (χ1) is 12.1. The highest BCUT2D eigenvalue weighted by Crippen LogP contribution is 2.26. The van der Waals surface area contributed by atoms with Crippen LogP contribution in [-0.4, -0.2) is 51.5 Å². The van der Waals surface area contributed by atoms with Crippen LogP contribution in [0.4, 0.5) is 4.39 Å². The van der Waals surface area contributed by atoms with E-state index in [1.54, 1.807) is 24.3 Å². The molecule has 1 aromatic carbocycles. The Morgan fingerprint density at radius 2 is 1.84 bits per heavy atom. The summed E-state index contributed by atoms with van der Waals surface area (Å²) in [5.41, 5.74) is 1.05. The molecular formula is C18H14FN3O3. The van der Waals surface area contributed by atoms with E-state index in [0.717, 1.165) is 5.56 Å². The number of amides is 2. The molecule has 1 unspecified atom stereocenters. The van der Waals surface area contributed by atoms with Crippen molar-refractivity contribution in [2.24, 2.45) is 0 Å². The van der Waals surface area contributed by atoms with Gasteiger partial charge in [0.15, 0.2) is 6.04 Å². The molecular weight excluding hydrogens is 325 g/mol. The topological polar surface area (TPSA) is 70.6 Å². The van der Waals surface area contributed by atoms with E-state index in [0.29, 0.717) is 6.54 Å². The van der Waals surface area contributed by atoms with Crippen LogP contribution in [0.25, 0.3) is 0 Å². The fourth-order valence-corrected chi connectivity index (χ4v) is 3.27. The summed E-state index contributed by atoms with van der Waals surface area (Å²) in [6.07, 6.45) is 1.43. The normalized spacial score (nSPS) is 19.7. The number of hydrogen-bond acceptors (Lipinski definition) is 4. The summed E-state index contributed by atoms with van der Waals surface area (Å²) >= 11 is 0. The van der Waals surface area contributed by atoms with Crippen LogP contribution >= 0.6 is 0 Å². The molecule has 3 heterocycles. The second-order valence-electron chi connectivity index (χ2n) is 6.05. The lowest BCUT2D eigenvalue weighted by molar-refractivity contribution is -0.139. The third-order valence-electron chi connectivity index (χ3n) is 4.54. The fourth-order valence-electron chi connectivity index (χ4n) is 3.27. The molecule has 1 fully saturated rings. The summed E-state index contributed by atoms with van der Waals surface area (Å²) in [7, 11) is 0. The lowest BCUT2D eigenvalue weighted by Crippen LogP contribution is -2.63. The van der Waals surface area contributed by atoms with Crippen molar-refractivity contribution in [3.8, 4) is 0 Å². The van der Waals surface area contributed by atoms with Crippen LogP contribution in [0.15, 0.2) is 42.6 Å². The average molecular weight is 339 g/mol. The van der Waals surface area contributed by atoms with E-state index in [2.05, 4.69) is 4.98 Å². The summed E-state index contributed by atoms with van der Waals surface area (Å²) < 4.78 is 13.0. The highest BCUT2D eigenvalue weighted by molar-refractivity contribution is 6.22. The zero-order valence-electron chi connectivity index (χ0n) is 13.2. The van der Waals surface area contributed by atoms with Gasteiger partial charge in [-0.2, -0.15) is 0 Å². The van der Waals surface area contributed by atoms with E-state index in [1.807, 2.05) is 0 Å². The summed E-state index contributed by atoms with van der Waals surface area (Å²) in [5.74, 6) is -1.58. The van der Waals surface area contributed by atoms with Crippen molar-refractivity contribution in [3.05, 3.63) is 65.2 Å². The number of carbonyl (C=O) groups excluding carboxylic acids is 3. The monoisotopic (exact) mass is 339 g/mol. The first-order valence-corrected chi connectivity index (χ1v) is 7.89. The van der Waals surface area contributed by atoms with Crippen molar-refractivity contribution in [1.82, 2.24) is 14.8 Å². The smallest absolute Gasteiger partial charge is 0.257 e. The molecule has 25 heavy (non-hydrogen) atoms. The number of aromatic nitrogens is 1. The Bertz CT molecular complexity index is 881. The van der Waals surface area contributed by atoms with Gasteiger partial charge in [-0.3, -0.25) is 19.4 Å². The molecule has 0 radical (unpaired) electrons. The molecule has 6 nitrogen and oxygen atoms in total. The number of benzene rings is 1. The van der Waals surface area contributed by atoms with Crippen LogP contribution in [0.1, 0.15) is 26.4 Å². The molecule has 126 valence electrons. The third-order valence-corrected chi connectivity index (χ3v) is 4.54. The number of nitrogens with zero attached hydrogens (tertiary/aromatic N) is 3. The number of halogens is 1. The number of rotatable bonds is 2. The van der Waals surface area contributed by atoms with E-state index >= 15 is 0 Å². The minimum atomic E-state index is -1.16. The predicted molar refractivity (Wildman–Crippen MR) is 85.2 cm³/mol. The molecule has 0 N–H and O–H groups in total. The first-order valence-electron chi connectivity index (χ1n) is 7.89. The largest absolute Gasteiger partial charge is 0.334 e. The molecule has 4 rings (SSSR count). The minimum absolute atomic E-state index is 0.0470. The summed E-state index contributed by atoms with van der Waals surface area (Å²) in [6, 6.07) is 7.82. The summed E-state index contributed by atoms with van der Waals surface area (Å²) in [5, 5.41) is 0. The third kappa shape index (κ3) is 2.48. The lowest BCUT2D eigenvalue weighted by Gasteiger charge is -2.42. The van der Waals surface area contributed by atoms with Gasteiger partial charge in [0.05, 0.1) is 5.56 Å². The Hall–Kier alpha value is -3.09. The van der Waals surface area contributed by atoms with Gasteiger partial charge >= 0.3 is 0 Å². The van der Waals surface area contributed by atoms with Crippen LogP contribution in [0.5, 0.6) is 0 Å². The Morgan fingerprint density at radius 1 is 1.08 bits per heavy atom. The van der Waals surface area contributed by atoms with Gasteiger partial charge < -0.3 is 9.80 Å². The maximum Gasteiger partial charge on any atom is 0.257 e. The molecule has 1 saturated heterocycles. The molecule has 0 aliphatic carbocycles. The Balaban J connectivity index is 1.63. The number of Topliss-reactive ketones (excluding diaryl/α,β-unsaturated/α-hetero) is 1. The predicted octanol–water partition coefficient (Wildman–Crippen LogP) is 1.27. The second-order valence-corrected chi connectivity index (χ2v) is 6.05. The number of fused-ring (bicyclic) bond motifs is 2. The summed E-state index contributed by atoms with van der Waals surface area (Å²) in [6.45, 7) is 0.859. The number of carbonyl (C=O) groups is 3. The molecule has 2 aromatic rings. The molecule has 2 aliphatic rings. The van der Waals surface area contributed by atoms with Gasteiger partial charge in [0, 0.05) is 25.8 Å². The van der Waals surface area contributed by atoms with Crippen molar-refractivity contribution in [1.29, 1.82) is 0 Å². The average Bonchev–Trinajstić information content (AvgIpc) is 2.63. The summed E-state index contributed by atoms with van der Waals surface area (Å²) in [4.78, 5) is 44.9. The minimum Gasteiger partial charge on any atom is -0.334 e. The molecule has 1 aromatic heterocycles. The Morgan fingerprint density at radius 3 is 2.60 bits per heavy atom. The van der Waals surface area contributed by atoms with Crippen molar-refractivity contribution in [2.75, 3.05) is 13.1 Å². The molecule has 2 amide bonds. The second kappa shape index (κ2) is 5.77. The van der Waals surface area contributed by atoms with E-state index in [4.69, 9.17) is 0 Å². The number of pyridine rings is 1. The van der Waals surface area contributed by atoms with Crippen molar-refractivity contribution < 1.29 is 18.8 Å². The van der Waals surface area contributed by atoms with E-state index in [9.17, 15) is 18.8 Å². The number of ketones is 1. The van der Waals surface area contributed by atoms with Gasteiger partial charge in [-0.1, -0.05) is 12.1 Å². The highest BCUT2D eigenvalue weighted by Gasteiger charge is 2.47. The number of hydrogen-bond donors (Lipinski definition) is 0. The van der Waals surface area contributed by atoms with Crippen molar-refractivity contribution >= 4 is 17.6 Å². The maximum atomic E-state index is 13.0. The standard InChI is InChI=1S/C18H14FN3O3/c19-12-5-3-11(4-6-12)10-21-8-9-22-15(18(21)25)16(23)14-13(17(22)24)2-1-7-20-14/h1-7,15H,8-10H2. The molecule has 7 heteroatoms. The first kappa shape index (κ1) is 15.4. The van der Waals surface area contributed by atoms with Crippen molar-refractivity contribution in [3.63, 3.8) is 0 Å².